The number of rotatable bonds is 8. The van der Waals surface area contributed by atoms with Crippen LogP contribution in [0.2, 0.25) is 0 Å². The topological polar surface area (TPSA) is 78.3 Å². The van der Waals surface area contributed by atoms with Crippen LogP contribution in [-0.4, -0.2) is 46.9 Å². The number of aromatic nitrogens is 3. The maximum atomic E-state index is 12.3. The van der Waals surface area contributed by atoms with E-state index in [2.05, 4.69) is 15.5 Å². The van der Waals surface area contributed by atoms with E-state index in [1.807, 2.05) is 60.3 Å². The summed E-state index contributed by atoms with van der Waals surface area (Å²) in [6.45, 7) is 0. The molecular weight excluding hydrogens is 408 g/mol. The average Bonchev–Trinajstić information content (AvgIpc) is 3.12. The highest BCUT2D eigenvalue weighted by Crippen LogP contribution is 2.32. The largest absolute Gasteiger partial charge is 0.493 e. The van der Waals surface area contributed by atoms with E-state index in [9.17, 15) is 4.79 Å². The Balaban J connectivity index is 1.67. The van der Waals surface area contributed by atoms with Gasteiger partial charge in [0.2, 0.25) is 5.91 Å². The van der Waals surface area contributed by atoms with Gasteiger partial charge >= 0.3 is 0 Å². The molecule has 7 nitrogen and oxygen atoms in total. The molecule has 3 rings (SSSR count). The molecule has 0 aliphatic rings. The molecule has 0 aliphatic heterocycles. The molecule has 1 N–H and O–H groups in total. The number of amides is 1. The van der Waals surface area contributed by atoms with Gasteiger partial charge < -0.3 is 19.4 Å². The van der Waals surface area contributed by atoms with Crippen molar-refractivity contribution in [1.82, 2.24) is 14.8 Å². The van der Waals surface area contributed by atoms with Gasteiger partial charge in [-0.2, -0.15) is 0 Å². The van der Waals surface area contributed by atoms with Crippen LogP contribution in [0.1, 0.15) is 0 Å². The first kappa shape index (κ1) is 21.1. The van der Waals surface area contributed by atoms with Crippen molar-refractivity contribution in [3.05, 3.63) is 42.5 Å². The highest BCUT2D eigenvalue weighted by atomic mass is 32.2. The molecule has 0 saturated carbocycles. The minimum Gasteiger partial charge on any atom is -0.493 e. The van der Waals surface area contributed by atoms with Gasteiger partial charge in [-0.1, -0.05) is 17.8 Å². The van der Waals surface area contributed by atoms with E-state index in [1.165, 1.54) is 11.8 Å². The number of nitrogens with zero attached hydrogens (tertiary/aromatic N) is 3. The molecule has 29 heavy (non-hydrogen) atoms. The summed E-state index contributed by atoms with van der Waals surface area (Å²) in [5.74, 6) is 2.09. The first-order chi connectivity index (χ1) is 14.0. The number of hydrogen-bond donors (Lipinski definition) is 1. The zero-order valence-electron chi connectivity index (χ0n) is 16.6. The normalized spacial score (nSPS) is 10.6. The van der Waals surface area contributed by atoms with Crippen molar-refractivity contribution in [2.24, 2.45) is 7.05 Å². The van der Waals surface area contributed by atoms with Gasteiger partial charge in [0.25, 0.3) is 0 Å². The molecule has 0 fully saturated rings. The number of thioether (sulfide) groups is 2. The van der Waals surface area contributed by atoms with Gasteiger partial charge in [0.05, 0.1) is 20.0 Å². The molecule has 0 atom stereocenters. The molecular formula is C20H22N4O3S2. The van der Waals surface area contributed by atoms with Gasteiger partial charge in [-0.15, -0.1) is 22.0 Å². The summed E-state index contributed by atoms with van der Waals surface area (Å²) in [5.41, 5.74) is 1.63. The Labute approximate surface area is 178 Å². The fourth-order valence-corrected chi connectivity index (χ4v) is 3.87. The lowest BCUT2D eigenvalue weighted by Gasteiger charge is -2.09. The lowest BCUT2D eigenvalue weighted by molar-refractivity contribution is -0.113. The summed E-state index contributed by atoms with van der Waals surface area (Å²) >= 11 is 2.97. The van der Waals surface area contributed by atoms with Crippen LogP contribution >= 0.6 is 23.5 Å². The molecule has 9 heteroatoms. The van der Waals surface area contributed by atoms with Gasteiger partial charge in [-0.05, 0) is 42.7 Å². The maximum absolute atomic E-state index is 12.3. The maximum Gasteiger partial charge on any atom is 0.234 e. The average molecular weight is 431 g/mol. The van der Waals surface area contributed by atoms with Crippen molar-refractivity contribution in [1.29, 1.82) is 0 Å². The summed E-state index contributed by atoms with van der Waals surface area (Å²) in [7, 11) is 5.05. The quantitative estimate of drug-likeness (QED) is 0.542. The molecule has 1 aromatic heterocycles. The van der Waals surface area contributed by atoms with Crippen LogP contribution in [-0.2, 0) is 11.8 Å². The minimum absolute atomic E-state index is 0.0936. The lowest BCUT2D eigenvalue weighted by atomic mass is 10.2. The Morgan fingerprint density at radius 2 is 1.90 bits per heavy atom. The number of nitrogens with one attached hydrogen (secondary N) is 1. The molecule has 0 radical (unpaired) electrons. The molecule has 2 aromatic carbocycles. The minimum atomic E-state index is -0.0936. The number of carbonyl (C=O) groups is 1. The Morgan fingerprint density at radius 1 is 1.10 bits per heavy atom. The van der Waals surface area contributed by atoms with Crippen molar-refractivity contribution in [2.45, 2.75) is 10.1 Å². The third-order valence-electron chi connectivity index (χ3n) is 4.16. The standard InChI is InChI=1S/C20H22N4O3S2/c1-24-19(13-8-9-16(26-2)17(10-13)27-3)22-23-20(24)29-12-18(25)21-14-6-5-7-15(11-14)28-4/h5-11H,12H2,1-4H3,(H,21,25). The molecule has 0 aliphatic carbocycles. The summed E-state index contributed by atoms with van der Waals surface area (Å²) in [6, 6.07) is 13.3. The Bertz CT molecular complexity index is 1010. The third-order valence-corrected chi connectivity index (χ3v) is 5.91. The van der Waals surface area contributed by atoms with Crippen LogP contribution in [0, 0.1) is 0 Å². The summed E-state index contributed by atoms with van der Waals surface area (Å²) in [6.07, 6.45) is 2.00. The van der Waals surface area contributed by atoms with Crippen LogP contribution in [0.5, 0.6) is 11.5 Å². The summed E-state index contributed by atoms with van der Waals surface area (Å²) in [5, 5.41) is 12.0. The van der Waals surface area contributed by atoms with Gasteiger partial charge in [0.1, 0.15) is 0 Å². The van der Waals surface area contributed by atoms with Crippen molar-refractivity contribution >= 4 is 35.1 Å². The van der Waals surface area contributed by atoms with Crippen LogP contribution < -0.4 is 14.8 Å². The number of ether oxygens (including phenoxy) is 2. The van der Waals surface area contributed by atoms with Crippen molar-refractivity contribution in [3.63, 3.8) is 0 Å². The first-order valence-corrected chi connectivity index (χ1v) is 10.9. The van der Waals surface area contributed by atoms with E-state index < -0.39 is 0 Å². The second-order valence-electron chi connectivity index (χ2n) is 6.00. The van der Waals surface area contributed by atoms with Gasteiger partial charge in [-0.3, -0.25) is 4.79 Å². The monoisotopic (exact) mass is 430 g/mol. The molecule has 0 unspecified atom stereocenters. The molecule has 1 heterocycles. The van der Waals surface area contributed by atoms with Crippen molar-refractivity contribution in [2.75, 3.05) is 31.5 Å². The van der Waals surface area contributed by atoms with Crippen molar-refractivity contribution in [3.8, 4) is 22.9 Å². The van der Waals surface area contributed by atoms with Gasteiger partial charge in [0.15, 0.2) is 22.5 Å². The van der Waals surface area contributed by atoms with E-state index in [4.69, 9.17) is 9.47 Å². The second-order valence-corrected chi connectivity index (χ2v) is 7.83. The molecule has 0 spiro atoms. The predicted octanol–water partition coefficient (Wildman–Crippen LogP) is 3.95. The fourth-order valence-electron chi connectivity index (χ4n) is 2.70. The smallest absolute Gasteiger partial charge is 0.234 e. The van der Waals surface area contributed by atoms with Crippen LogP contribution in [0.4, 0.5) is 5.69 Å². The predicted molar refractivity (Wildman–Crippen MR) is 117 cm³/mol. The van der Waals surface area contributed by atoms with Crippen LogP contribution in [0.15, 0.2) is 52.5 Å². The van der Waals surface area contributed by atoms with E-state index in [1.54, 1.807) is 26.0 Å². The number of anilines is 1. The van der Waals surface area contributed by atoms with Crippen LogP contribution in [0.25, 0.3) is 11.4 Å². The second kappa shape index (κ2) is 9.71. The highest BCUT2D eigenvalue weighted by molar-refractivity contribution is 7.99. The van der Waals surface area contributed by atoms with E-state index in [-0.39, 0.29) is 11.7 Å². The highest BCUT2D eigenvalue weighted by Gasteiger charge is 2.15. The zero-order chi connectivity index (χ0) is 20.8. The molecule has 0 saturated heterocycles. The van der Waals surface area contributed by atoms with E-state index in [0.29, 0.717) is 22.5 Å². The SMILES string of the molecule is COc1ccc(-c2nnc(SCC(=O)Nc3cccc(SC)c3)n2C)cc1OC. The molecule has 1 amide bonds. The Kier molecular flexibility index (Phi) is 7.05. The Hall–Kier alpha value is -2.65. The number of carbonyl (C=O) groups excluding carboxylic acids is 1. The molecule has 3 aromatic rings. The Morgan fingerprint density at radius 3 is 2.62 bits per heavy atom. The fraction of sp³-hybridized carbons (Fsp3) is 0.250. The number of hydrogen-bond acceptors (Lipinski definition) is 7. The van der Waals surface area contributed by atoms with E-state index in [0.717, 1.165) is 16.1 Å². The number of methoxy groups -OCH3 is 2. The molecule has 0 bridgehead atoms. The summed E-state index contributed by atoms with van der Waals surface area (Å²) < 4.78 is 12.5. The van der Waals surface area contributed by atoms with Gasteiger partial charge in [-0.25, -0.2) is 0 Å². The number of benzene rings is 2. The summed E-state index contributed by atoms with van der Waals surface area (Å²) in [4.78, 5) is 13.4. The van der Waals surface area contributed by atoms with Crippen molar-refractivity contribution < 1.29 is 14.3 Å². The first-order valence-electron chi connectivity index (χ1n) is 8.74. The third kappa shape index (κ3) is 5.04. The lowest BCUT2D eigenvalue weighted by Crippen LogP contribution is -2.14. The zero-order valence-corrected chi connectivity index (χ0v) is 18.3. The van der Waals surface area contributed by atoms with Crippen LogP contribution in [0.3, 0.4) is 0 Å². The molecule has 152 valence electrons. The van der Waals surface area contributed by atoms with E-state index >= 15 is 0 Å². The van der Waals surface area contributed by atoms with Gasteiger partial charge in [0, 0.05) is 23.2 Å².